The first-order valence-electron chi connectivity index (χ1n) is 31.0. The van der Waals surface area contributed by atoms with Gasteiger partial charge in [0.25, 0.3) is 40.5 Å². The van der Waals surface area contributed by atoms with Crippen molar-refractivity contribution in [2.75, 3.05) is 92.5 Å². The number of terminal acetylenes is 2. The minimum Gasteiger partial charge on any atom is -0.427 e. The first kappa shape index (κ1) is 89.5. The summed E-state index contributed by atoms with van der Waals surface area (Å²) in [5, 5.41) is 0. The molecule has 7 aliphatic heterocycles. The van der Waals surface area contributed by atoms with Crippen molar-refractivity contribution in [3.05, 3.63) is 37.0 Å². The van der Waals surface area contributed by atoms with Crippen LogP contribution in [0.1, 0.15) is 138 Å². The molecule has 0 aromatic carbocycles. The van der Waals surface area contributed by atoms with Crippen molar-refractivity contribution in [3.8, 4) is 48.6 Å². The second-order valence-electron chi connectivity index (χ2n) is 21.1. The lowest BCUT2D eigenvalue weighted by molar-refractivity contribution is -0.181. The summed E-state index contributed by atoms with van der Waals surface area (Å²) in [7, 11) is 0. The van der Waals surface area contributed by atoms with Crippen LogP contribution in [0.3, 0.4) is 0 Å². The summed E-state index contributed by atoms with van der Waals surface area (Å²) in [6, 6.07) is 0. The molecule has 0 saturated carbocycles. The lowest BCUT2D eigenvalue weighted by atomic mass is 10.1. The molecule has 7 aliphatic rings. The van der Waals surface area contributed by atoms with Crippen molar-refractivity contribution in [1.29, 1.82) is 0 Å². The van der Waals surface area contributed by atoms with Crippen LogP contribution in [0, 0.1) is 48.6 Å². The smallest absolute Gasteiger partial charge is 0.427 e. The molecule has 7 atom stereocenters. The highest BCUT2D eigenvalue weighted by atomic mass is 19.4. The van der Waals surface area contributed by atoms with Crippen LogP contribution in [0.5, 0.6) is 0 Å². The molecule has 7 saturated heterocycles. The molecule has 0 amide bonds. The summed E-state index contributed by atoms with van der Waals surface area (Å²) in [6.07, 6.45) is 9.16. The molecule has 0 bridgehead atoms. The van der Waals surface area contributed by atoms with E-state index in [9.17, 15) is 68.7 Å². The standard InChI is InChI=1S/C10H11F3O4.C9H11F3O4.C9H13FO4.C9H11FO4.C9H14O4.2C9H12O4/c1-2-4-9(7-15-8(14)17-9)16-6-3-5-10(11,12)13;1-2-3-9(5-14-8(13)16-9)15-4-6(10)7(11)12;1-3-4-9(13-5-7(2)10)6-12-8(11)14-9;1-2-4-9(13-6-3-5-10)7-12-8(11)14-9;3*1-3-5-9(12-6-4-2)7-11-8(10)13-9/h2,4,6-7H2,1H3;2-5H2,1H3;2-6H2,1H3;2,4,6-7H2,1H3;4H,2-3,5-7H2,1H3;2*2H,3,5-7H2,1H3. The van der Waals surface area contributed by atoms with E-state index < -0.39 is 121 Å². The van der Waals surface area contributed by atoms with Gasteiger partial charge in [0.2, 0.25) is 0 Å². The molecule has 0 aromatic heterocycles. The van der Waals surface area contributed by atoms with Gasteiger partial charge < -0.3 is 99.5 Å². The monoisotopic (exact) mass is 1450 g/mol. The van der Waals surface area contributed by atoms with Crippen LogP contribution in [-0.2, 0) is 99.5 Å². The Bertz CT molecular complexity index is 2830. The van der Waals surface area contributed by atoms with Gasteiger partial charge in [0.1, 0.15) is 51.6 Å². The highest BCUT2D eigenvalue weighted by Gasteiger charge is 2.48. The Morgan fingerprint density at radius 2 is 0.680 bits per heavy atom. The van der Waals surface area contributed by atoms with Crippen LogP contribution in [0.15, 0.2) is 37.0 Å². The van der Waals surface area contributed by atoms with Crippen LogP contribution < -0.4 is 0 Å². The Kier molecular flexibility index (Phi) is 41.2. The lowest BCUT2D eigenvalue weighted by Gasteiger charge is -2.23. The van der Waals surface area contributed by atoms with Crippen LogP contribution in [-0.4, -0.2) is 182 Å². The van der Waals surface area contributed by atoms with Crippen molar-refractivity contribution in [3.63, 3.8) is 0 Å². The summed E-state index contributed by atoms with van der Waals surface area (Å²) in [5.41, 5.74) is 0. The lowest BCUT2D eigenvalue weighted by Crippen LogP contribution is -2.35. The third kappa shape index (κ3) is 34.5. The predicted molar refractivity (Wildman–Crippen MR) is 323 cm³/mol. The van der Waals surface area contributed by atoms with Crippen molar-refractivity contribution >= 4 is 43.1 Å². The molecule has 100 heavy (non-hydrogen) atoms. The van der Waals surface area contributed by atoms with Crippen molar-refractivity contribution in [1.82, 2.24) is 0 Å². The van der Waals surface area contributed by atoms with Gasteiger partial charge >= 0.3 is 55.3 Å². The number of carbonyl (C=O) groups is 7. The normalized spacial score (nSPS) is 25.2. The Morgan fingerprint density at radius 3 is 0.890 bits per heavy atom. The molecule has 564 valence electrons. The van der Waals surface area contributed by atoms with Crippen LogP contribution >= 0.6 is 0 Å². The predicted octanol–water partition coefficient (Wildman–Crippen LogP) is 13.2. The SMILES string of the molecule is C#CCOC1(CCC)COC(=O)O1.C#CCOC1(CCC)COC(=O)O1.C=C(F)COC1(CCC)COC(=O)O1.C=CCOC1(CCC)COC(=O)O1.CCCC1(OCC#CC(F)(F)F)COC(=O)O1.CCCC1(OCC#CF)COC(=O)O1.CCCC1(OCC(F)=C(F)F)COC(=O)O1. The van der Waals surface area contributed by atoms with Gasteiger partial charge in [-0.25, -0.2) is 42.3 Å². The number of hydrogen-bond donors (Lipinski definition) is 0. The van der Waals surface area contributed by atoms with E-state index in [-0.39, 0.29) is 79.1 Å². The second-order valence-corrected chi connectivity index (χ2v) is 21.1. The van der Waals surface area contributed by atoms with Gasteiger partial charge in [-0.1, -0.05) is 78.9 Å². The van der Waals surface area contributed by atoms with E-state index >= 15 is 0 Å². The minimum absolute atomic E-state index is 0.00690. The minimum atomic E-state index is -4.55. The van der Waals surface area contributed by atoms with Gasteiger partial charge in [-0.15, -0.1) is 23.8 Å². The molecule has 28 nitrogen and oxygen atoms in total. The Labute approximate surface area is 572 Å². The molecule has 7 rings (SSSR count). The fourth-order valence-corrected chi connectivity index (χ4v) is 8.70. The summed E-state index contributed by atoms with van der Waals surface area (Å²) in [4.78, 5) is 75.2. The maximum atomic E-state index is 12.5. The van der Waals surface area contributed by atoms with Crippen molar-refractivity contribution < 1.29 is 168 Å². The Balaban J connectivity index is 0.000000585. The van der Waals surface area contributed by atoms with Crippen molar-refractivity contribution in [2.24, 2.45) is 0 Å². The zero-order valence-electron chi connectivity index (χ0n) is 56.4. The van der Waals surface area contributed by atoms with E-state index in [0.717, 1.165) is 38.0 Å². The molecule has 0 aromatic rings. The number of ether oxygens (including phenoxy) is 21. The second kappa shape index (κ2) is 46.0. The van der Waals surface area contributed by atoms with Gasteiger partial charge in [-0.05, 0) is 50.9 Å². The van der Waals surface area contributed by atoms with Gasteiger partial charge in [0.05, 0.1) is 6.61 Å². The van der Waals surface area contributed by atoms with Gasteiger partial charge in [-0.3, -0.25) is 0 Å². The van der Waals surface area contributed by atoms with E-state index in [4.69, 9.17) is 83.9 Å². The Morgan fingerprint density at radius 1 is 0.430 bits per heavy atom. The van der Waals surface area contributed by atoms with Crippen LogP contribution in [0.2, 0.25) is 0 Å². The summed E-state index contributed by atoms with van der Waals surface area (Å²) in [5.74, 6) is -0.400. The zero-order valence-corrected chi connectivity index (χ0v) is 56.4. The molecule has 7 fully saturated rings. The maximum Gasteiger partial charge on any atom is 0.511 e. The number of carbonyl (C=O) groups excluding carboxylic acids is 7. The largest absolute Gasteiger partial charge is 0.511 e. The zero-order chi connectivity index (χ0) is 75.4. The Hall–Kier alpha value is -8.49. The first-order valence-corrected chi connectivity index (χ1v) is 31.0. The first-order chi connectivity index (χ1) is 47.3. The average Bonchev–Trinajstić information content (AvgIpc) is 1.73. The number of cyclic esters (lactones) is 14. The topological polar surface area (TPSA) is 313 Å². The molecule has 0 N–H and O–H groups in total. The maximum absolute atomic E-state index is 12.5. The molecular formula is C64H84F8O28. The molecule has 36 heteroatoms. The van der Waals surface area contributed by atoms with Gasteiger partial charge in [-0.2, -0.15) is 22.0 Å². The van der Waals surface area contributed by atoms with E-state index in [1.54, 1.807) is 18.9 Å². The van der Waals surface area contributed by atoms with E-state index in [1.807, 2.05) is 41.5 Å². The number of alkyl halides is 3. The third-order valence-corrected chi connectivity index (χ3v) is 12.7. The van der Waals surface area contributed by atoms with Crippen molar-refractivity contribution in [2.45, 2.75) is 185 Å². The molecule has 7 unspecified atom stereocenters. The van der Waals surface area contributed by atoms with Crippen LogP contribution in [0.4, 0.5) is 68.7 Å². The molecule has 0 radical (unpaired) electrons. The van der Waals surface area contributed by atoms with Gasteiger partial charge in [0.15, 0.2) is 52.1 Å². The highest BCUT2D eigenvalue weighted by Crippen LogP contribution is 2.33. The number of hydrogen-bond acceptors (Lipinski definition) is 28. The van der Waals surface area contributed by atoms with Gasteiger partial charge in [0, 0.05) is 50.9 Å². The summed E-state index contributed by atoms with van der Waals surface area (Å²) >= 11 is 0. The quantitative estimate of drug-likeness (QED) is 0.0205. The van der Waals surface area contributed by atoms with E-state index in [1.165, 1.54) is 6.17 Å². The number of halogens is 8. The molecule has 0 spiro atoms. The fourth-order valence-electron chi connectivity index (χ4n) is 8.70. The van der Waals surface area contributed by atoms with E-state index in [0.29, 0.717) is 58.0 Å². The molecule has 0 aliphatic carbocycles. The average molecular weight is 1450 g/mol. The highest BCUT2D eigenvalue weighted by molar-refractivity contribution is 5.64. The molecule has 7 heterocycles. The van der Waals surface area contributed by atoms with Crippen LogP contribution in [0.25, 0.3) is 0 Å². The fraction of sp³-hybridized carbons (Fsp3) is 0.672. The molecular weight excluding hydrogens is 1370 g/mol. The summed E-state index contributed by atoms with van der Waals surface area (Å²) in [6.45, 7) is 18.8. The third-order valence-electron chi connectivity index (χ3n) is 12.7. The van der Waals surface area contributed by atoms with E-state index in [2.05, 4.69) is 59.3 Å². The summed E-state index contributed by atoms with van der Waals surface area (Å²) < 4.78 is 197. The number of rotatable bonds is 31.